The molecular weight excluding hydrogens is 294 g/mol. The monoisotopic (exact) mass is 305 g/mol. The summed E-state index contributed by atoms with van der Waals surface area (Å²) in [4.78, 5) is 0. The number of aromatic nitrogens is 2. The van der Waals surface area contributed by atoms with Crippen LogP contribution in [0.2, 0.25) is 0 Å². The van der Waals surface area contributed by atoms with Gasteiger partial charge in [0.25, 0.3) is 0 Å². The Morgan fingerprint density at radius 1 is 1.35 bits per heavy atom. The largest absolute Gasteiger partial charge is 0.419 e. The molecule has 1 unspecified atom stereocenters. The van der Waals surface area contributed by atoms with Crippen molar-refractivity contribution in [1.29, 1.82) is 0 Å². The van der Waals surface area contributed by atoms with Crippen LogP contribution in [-0.4, -0.2) is 16.1 Å². The summed E-state index contributed by atoms with van der Waals surface area (Å²) in [7, 11) is 0. The van der Waals surface area contributed by atoms with Gasteiger partial charge in [-0.2, -0.15) is 13.2 Å². The van der Waals surface area contributed by atoms with E-state index in [0.29, 0.717) is 17.8 Å². The molecule has 0 saturated heterocycles. The first-order valence-corrected chi connectivity index (χ1v) is 6.64. The zero-order valence-electron chi connectivity index (χ0n) is 10.4. The van der Waals surface area contributed by atoms with Gasteiger partial charge < -0.3 is 5.32 Å². The predicted molar refractivity (Wildman–Crippen MR) is 66.8 cm³/mol. The smallest absolute Gasteiger partial charge is 0.305 e. The topological polar surface area (TPSA) is 37.8 Å². The fourth-order valence-electron chi connectivity index (χ4n) is 1.83. The molecule has 0 aliphatic rings. The number of nitrogens with one attached hydrogen (secondary N) is 1. The molecule has 8 heteroatoms. The van der Waals surface area contributed by atoms with Gasteiger partial charge in [-0.3, -0.25) is 0 Å². The first-order valence-electron chi connectivity index (χ1n) is 5.80. The number of hydrogen-bond donors (Lipinski definition) is 1. The molecule has 0 spiro atoms. The van der Waals surface area contributed by atoms with Crippen LogP contribution < -0.4 is 5.32 Å². The number of alkyl halides is 3. The molecule has 0 aliphatic carbocycles. The summed E-state index contributed by atoms with van der Waals surface area (Å²) in [5, 5.41) is 8.51. The third kappa shape index (κ3) is 3.13. The molecule has 0 bridgehead atoms. The Morgan fingerprint density at radius 3 is 2.65 bits per heavy atom. The lowest BCUT2D eigenvalue weighted by molar-refractivity contribution is -0.140. The van der Waals surface area contributed by atoms with Crippen molar-refractivity contribution in [2.45, 2.75) is 19.1 Å². The molecule has 1 atom stereocenters. The fraction of sp³-hybridized carbons (Fsp3) is 0.333. The molecule has 20 heavy (non-hydrogen) atoms. The average molecular weight is 305 g/mol. The zero-order valence-corrected chi connectivity index (χ0v) is 11.2. The van der Waals surface area contributed by atoms with Crippen molar-refractivity contribution in [3.63, 3.8) is 0 Å². The Bertz CT molecular complexity index is 569. The molecule has 1 aromatic carbocycles. The predicted octanol–water partition coefficient (Wildman–Crippen LogP) is 3.39. The van der Waals surface area contributed by atoms with Crippen molar-refractivity contribution in [2.75, 3.05) is 6.54 Å². The second kappa shape index (κ2) is 5.84. The van der Waals surface area contributed by atoms with Gasteiger partial charge in [0, 0.05) is 5.38 Å². The quantitative estimate of drug-likeness (QED) is 0.880. The molecule has 1 N–H and O–H groups in total. The second-order valence-electron chi connectivity index (χ2n) is 4.06. The summed E-state index contributed by atoms with van der Waals surface area (Å²) in [6.07, 6.45) is -4.73. The van der Waals surface area contributed by atoms with E-state index in [-0.39, 0.29) is 0 Å². The van der Waals surface area contributed by atoms with Gasteiger partial charge in [-0.15, -0.1) is 5.10 Å². The highest BCUT2D eigenvalue weighted by atomic mass is 32.1. The Kier molecular flexibility index (Phi) is 4.34. The summed E-state index contributed by atoms with van der Waals surface area (Å²) in [5.41, 5.74) is -0.467. The summed E-state index contributed by atoms with van der Waals surface area (Å²) < 4.78 is 55.2. The van der Waals surface area contributed by atoms with Crippen molar-refractivity contribution < 1.29 is 17.6 Å². The van der Waals surface area contributed by atoms with Crippen molar-refractivity contribution >= 4 is 11.5 Å². The van der Waals surface area contributed by atoms with Crippen LogP contribution >= 0.6 is 11.5 Å². The van der Waals surface area contributed by atoms with Gasteiger partial charge in [0.2, 0.25) is 0 Å². The van der Waals surface area contributed by atoms with E-state index in [1.165, 1.54) is 6.07 Å². The fourth-order valence-corrected chi connectivity index (χ4v) is 2.31. The standard InChI is InChI=1S/C12H11F4N3S/c1-2-17-11(10-6-20-19-18-10)7-3-4-9(13)8(5-7)12(14,15)16/h3-6,11,17H,2H2,1H3. The van der Waals surface area contributed by atoms with Gasteiger partial charge in [-0.1, -0.05) is 17.5 Å². The Morgan fingerprint density at radius 2 is 2.10 bits per heavy atom. The van der Waals surface area contributed by atoms with E-state index in [4.69, 9.17) is 0 Å². The van der Waals surface area contributed by atoms with E-state index in [0.717, 1.165) is 23.7 Å². The molecule has 0 radical (unpaired) electrons. The van der Waals surface area contributed by atoms with E-state index < -0.39 is 23.6 Å². The third-order valence-electron chi connectivity index (χ3n) is 2.71. The van der Waals surface area contributed by atoms with Crippen LogP contribution in [0.15, 0.2) is 23.6 Å². The number of hydrogen-bond acceptors (Lipinski definition) is 4. The minimum atomic E-state index is -4.73. The molecule has 2 aromatic rings. The highest BCUT2D eigenvalue weighted by molar-refractivity contribution is 7.03. The molecule has 0 fully saturated rings. The SMILES string of the molecule is CCNC(c1ccc(F)c(C(F)(F)F)c1)c1csnn1. The summed E-state index contributed by atoms with van der Waals surface area (Å²) in [6.45, 7) is 2.35. The second-order valence-corrected chi connectivity index (χ2v) is 4.67. The Hall–Kier alpha value is -1.54. The third-order valence-corrected chi connectivity index (χ3v) is 3.23. The zero-order chi connectivity index (χ0) is 14.8. The van der Waals surface area contributed by atoms with E-state index in [1.807, 2.05) is 6.92 Å². The maximum absolute atomic E-state index is 13.3. The van der Waals surface area contributed by atoms with Crippen molar-refractivity contribution in [3.8, 4) is 0 Å². The first kappa shape index (κ1) is 14.9. The number of halogens is 4. The summed E-state index contributed by atoms with van der Waals surface area (Å²) in [5.74, 6) is -1.28. The van der Waals surface area contributed by atoms with Crippen LogP contribution in [0.3, 0.4) is 0 Å². The van der Waals surface area contributed by atoms with Gasteiger partial charge in [-0.05, 0) is 35.8 Å². The summed E-state index contributed by atoms with van der Waals surface area (Å²) >= 11 is 1.10. The van der Waals surface area contributed by atoms with Crippen LogP contribution in [0.4, 0.5) is 17.6 Å². The normalized spacial score (nSPS) is 13.4. The number of benzene rings is 1. The molecule has 1 aromatic heterocycles. The van der Waals surface area contributed by atoms with Crippen molar-refractivity contribution in [2.24, 2.45) is 0 Å². The first-order chi connectivity index (χ1) is 9.43. The molecule has 2 rings (SSSR count). The molecule has 1 heterocycles. The Balaban J connectivity index is 2.45. The van der Waals surface area contributed by atoms with Crippen LogP contribution in [0.1, 0.15) is 29.8 Å². The van der Waals surface area contributed by atoms with Crippen LogP contribution in [0.25, 0.3) is 0 Å². The van der Waals surface area contributed by atoms with Crippen LogP contribution in [0, 0.1) is 5.82 Å². The molecule has 3 nitrogen and oxygen atoms in total. The lowest BCUT2D eigenvalue weighted by Crippen LogP contribution is -2.23. The number of rotatable bonds is 4. The molecule has 0 amide bonds. The van der Waals surface area contributed by atoms with Gasteiger partial charge in [0.05, 0.1) is 17.3 Å². The van der Waals surface area contributed by atoms with Crippen molar-refractivity contribution in [1.82, 2.24) is 14.9 Å². The minimum Gasteiger partial charge on any atom is -0.305 e. The van der Waals surface area contributed by atoms with Gasteiger partial charge >= 0.3 is 6.18 Å². The van der Waals surface area contributed by atoms with E-state index in [9.17, 15) is 17.6 Å². The minimum absolute atomic E-state index is 0.299. The van der Waals surface area contributed by atoms with Gasteiger partial charge in [0.15, 0.2) is 0 Å². The van der Waals surface area contributed by atoms with Gasteiger partial charge in [-0.25, -0.2) is 4.39 Å². The highest BCUT2D eigenvalue weighted by Crippen LogP contribution is 2.34. The highest BCUT2D eigenvalue weighted by Gasteiger charge is 2.35. The average Bonchev–Trinajstić information content (AvgIpc) is 2.89. The number of nitrogens with zero attached hydrogens (tertiary/aromatic N) is 2. The molecule has 108 valence electrons. The van der Waals surface area contributed by atoms with Crippen LogP contribution in [-0.2, 0) is 6.18 Å². The van der Waals surface area contributed by atoms with Crippen molar-refractivity contribution in [3.05, 3.63) is 46.2 Å². The van der Waals surface area contributed by atoms with Crippen LogP contribution in [0.5, 0.6) is 0 Å². The molecular formula is C12H11F4N3S. The van der Waals surface area contributed by atoms with E-state index >= 15 is 0 Å². The van der Waals surface area contributed by atoms with E-state index in [2.05, 4.69) is 14.9 Å². The Labute approximate surface area is 116 Å². The summed E-state index contributed by atoms with van der Waals surface area (Å²) in [6, 6.07) is 2.40. The molecule has 0 saturated carbocycles. The van der Waals surface area contributed by atoms with Gasteiger partial charge in [0.1, 0.15) is 5.82 Å². The maximum Gasteiger partial charge on any atom is 0.419 e. The maximum atomic E-state index is 13.3. The lowest BCUT2D eigenvalue weighted by Gasteiger charge is -2.17. The molecule has 0 aliphatic heterocycles. The van der Waals surface area contributed by atoms with E-state index in [1.54, 1.807) is 5.38 Å². The lowest BCUT2D eigenvalue weighted by atomic mass is 10.0.